The maximum absolute atomic E-state index is 13.3. The lowest BCUT2D eigenvalue weighted by Gasteiger charge is -2.28. The Balaban J connectivity index is 0.00000150. The van der Waals surface area contributed by atoms with Crippen molar-refractivity contribution < 1.29 is 22.5 Å². The molecule has 0 radical (unpaired) electrons. The topological polar surface area (TPSA) is 12.6 Å². The van der Waals surface area contributed by atoms with Gasteiger partial charge in [-0.25, -0.2) is 4.39 Å². The van der Waals surface area contributed by atoms with E-state index in [9.17, 15) is 17.6 Å². The number of aromatic nitrogens is 1. The summed E-state index contributed by atoms with van der Waals surface area (Å²) in [6, 6.07) is 9.81. The first-order valence-corrected chi connectivity index (χ1v) is 8.85. The van der Waals surface area contributed by atoms with E-state index in [2.05, 4.69) is 4.90 Å². The average molecular weight is 451 g/mol. The normalized spacial score (nSPS) is 15.8. The Hall–Kier alpha value is -1.80. The molecule has 1 aromatic heterocycles. The Labute approximate surface area is 178 Å². The molecule has 1 aliphatic rings. The number of benzene rings is 2. The molecular formula is C20H22Cl2F4N3+. The lowest BCUT2D eigenvalue weighted by molar-refractivity contribution is -0.836. The Morgan fingerprint density at radius 1 is 0.931 bits per heavy atom. The number of fused-ring (bicyclic) bond motifs is 1. The first-order valence-electron chi connectivity index (χ1n) is 8.85. The van der Waals surface area contributed by atoms with Crippen LogP contribution < -0.4 is 4.90 Å². The van der Waals surface area contributed by atoms with Crippen molar-refractivity contribution in [1.29, 1.82) is 0 Å². The molecule has 0 amide bonds. The van der Waals surface area contributed by atoms with Crippen molar-refractivity contribution in [3.05, 3.63) is 60.0 Å². The predicted octanol–water partition coefficient (Wildman–Crippen LogP) is 4.09. The Bertz CT molecular complexity index is 962. The highest BCUT2D eigenvalue weighted by molar-refractivity contribution is 5.91. The molecule has 0 saturated carbocycles. The van der Waals surface area contributed by atoms with Crippen molar-refractivity contribution in [1.82, 2.24) is 9.47 Å². The van der Waals surface area contributed by atoms with E-state index in [1.165, 1.54) is 29.2 Å². The number of nitrogens with zero attached hydrogens (tertiary/aromatic N) is 2. The van der Waals surface area contributed by atoms with Crippen LogP contribution in [0.25, 0.3) is 16.6 Å². The second kappa shape index (κ2) is 8.92. The Morgan fingerprint density at radius 2 is 1.55 bits per heavy atom. The van der Waals surface area contributed by atoms with Gasteiger partial charge in [0.2, 0.25) is 0 Å². The summed E-state index contributed by atoms with van der Waals surface area (Å²) in [5.41, 5.74) is 1.62. The molecule has 9 heteroatoms. The van der Waals surface area contributed by atoms with E-state index in [4.69, 9.17) is 0 Å². The number of hydrogen-bond acceptors (Lipinski definition) is 1. The van der Waals surface area contributed by atoms with E-state index in [1.807, 2.05) is 17.8 Å². The monoisotopic (exact) mass is 450 g/mol. The van der Waals surface area contributed by atoms with Gasteiger partial charge in [0.15, 0.2) is 5.69 Å². The zero-order chi connectivity index (χ0) is 19.2. The fraction of sp³-hybridized carbons (Fsp3) is 0.300. The third kappa shape index (κ3) is 4.69. The summed E-state index contributed by atoms with van der Waals surface area (Å²) in [5.74, 6) is -0.348. The maximum atomic E-state index is 13.3. The minimum absolute atomic E-state index is 0. The van der Waals surface area contributed by atoms with Gasteiger partial charge in [0.1, 0.15) is 5.82 Å². The summed E-state index contributed by atoms with van der Waals surface area (Å²) >= 11 is 0. The second-order valence-electron chi connectivity index (χ2n) is 7.03. The molecule has 0 unspecified atom stereocenters. The van der Waals surface area contributed by atoms with E-state index in [1.54, 1.807) is 12.1 Å². The van der Waals surface area contributed by atoms with Gasteiger partial charge >= 0.3 is 6.18 Å². The minimum Gasteiger partial charge on any atom is -0.310 e. The van der Waals surface area contributed by atoms with Gasteiger partial charge in [0.25, 0.3) is 0 Å². The summed E-state index contributed by atoms with van der Waals surface area (Å²) in [4.78, 5) is 3.38. The van der Waals surface area contributed by atoms with Gasteiger partial charge < -0.3 is 4.57 Å². The quantitative estimate of drug-likeness (QED) is 0.580. The number of likely N-dealkylation sites (N-methyl/N-ethyl adjacent to an activating group) is 1. The third-order valence-corrected chi connectivity index (χ3v) is 5.21. The summed E-state index contributed by atoms with van der Waals surface area (Å²) in [7, 11) is 2.04. The molecule has 29 heavy (non-hydrogen) atoms. The molecule has 158 valence electrons. The number of alkyl halides is 3. The largest absolute Gasteiger partial charge is 0.416 e. The number of quaternary nitrogens is 1. The van der Waals surface area contributed by atoms with Crippen LogP contribution in [0.4, 0.5) is 23.2 Å². The summed E-state index contributed by atoms with van der Waals surface area (Å²) < 4.78 is 54.9. The minimum atomic E-state index is -4.39. The predicted molar refractivity (Wildman–Crippen MR) is 111 cm³/mol. The van der Waals surface area contributed by atoms with Crippen LogP contribution in [0.2, 0.25) is 0 Å². The molecule has 1 fully saturated rings. The van der Waals surface area contributed by atoms with E-state index in [0.717, 1.165) is 43.6 Å². The summed E-state index contributed by atoms with van der Waals surface area (Å²) in [6.45, 7) is 3.43. The Morgan fingerprint density at radius 3 is 2.14 bits per heavy atom. The molecule has 0 aliphatic carbocycles. The summed E-state index contributed by atoms with van der Waals surface area (Å²) in [6.07, 6.45) is -2.50. The van der Waals surface area contributed by atoms with E-state index in [0.29, 0.717) is 10.9 Å². The average Bonchev–Trinajstić information content (AvgIpc) is 3.01. The van der Waals surface area contributed by atoms with Crippen molar-refractivity contribution in [2.24, 2.45) is 0 Å². The molecule has 1 N–H and O–H groups in total. The second-order valence-corrected chi connectivity index (χ2v) is 7.03. The van der Waals surface area contributed by atoms with Crippen molar-refractivity contribution in [2.75, 3.05) is 33.2 Å². The van der Waals surface area contributed by atoms with Crippen LogP contribution in [0, 0.1) is 5.82 Å². The molecule has 0 atom stereocenters. The molecule has 1 aliphatic heterocycles. The Kier molecular flexibility index (Phi) is 7.22. The van der Waals surface area contributed by atoms with E-state index < -0.39 is 11.7 Å². The molecule has 0 bridgehead atoms. The lowest BCUT2D eigenvalue weighted by Crippen LogP contribution is -3.10. The van der Waals surface area contributed by atoms with Crippen LogP contribution in [0.1, 0.15) is 5.56 Å². The van der Waals surface area contributed by atoms with Gasteiger partial charge in [-0.3, -0.25) is 9.80 Å². The van der Waals surface area contributed by atoms with E-state index >= 15 is 0 Å². The smallest absolute Gasteiger partial charge is 0.310 e. The van der Waals surface area contributed by atoms with Gasteiger partial charge in [-0.2, -0.15) is 13.2 Å². The molecule has 0 spiro atoms. The fourth-order valence-electron chi connectivity index (χ4n) is 3.66. The van der Waals surface area contributed by atoms with Crippen LogP contribution in [-0.2, 0) is 6.18 Å². The van der Waals surface area contributed by atoms with Crippen molar-refractivity contribution in [2.45, 2.75) is 6.18 Å². The molecule has 4 rings (SSSR count). The number of hydrogen-bond donors (Lipinski definition) is 1. The number of piperazine rings is 1. The first-order chi connectivity index (χ1) is 12.8. The zero-order valence-electron chi connectivity index (χ0n) is 15.7. The lowest BCUT2D eigenvalue weighted by atomic mass is 10.1. The van der Waals surface area contributed by atoms with Crippen molar-refractivity contribution >= 4 is 41.4 Å². The van der Waals surface area contributed by atoms with E-state index in [-0.39, 0.29) is 30.6 Å². The third-order valence-electron chi connectivity index (χ3n) is 5.21. The van der Waals surface area contributed by atoms with Crippen molar-refractivity contribution in [3.8, 4) is 5.69 Å². The maximum Gasteiger partial charge on any atom is 0.416 e. The molecule has 2 heterocycles. The molecule has 2 aromatic carbocycles. The number of nitrogens with one attached hydrogen (secondary N) is 1. The van der Waals surface area contributed by atoms with Gasteiger partial charge in [-0.05, 0) is 49.5 Å². The van der Waals surface area contributed by atoms with Gasteiger partial charge in [-0.1, -0.05) is 0 Å². The van der Waals surface area contributed by atoms with Gasteiger partial charge in [0.05, 0.1) is 35.8 Å². The zero-order valence-corrected chi connectivity index (χ0v) is 17.3. The first kappa shape index (κ1) is 23.5. The molecule has 3 aromatic rings. The van der Waals surface area contributed by atoms with Gasteiger partial charge in [0, 0.05) is 18.8 Å². The van der Waals surface area contributed by atoms with Crippen LogP contribution in [-0.4, -0.2) is 42.7 Å². The highest BCUT2D eigenvalue weighted by Gasteiger charge is 2.32. The highest BCUT2D eigenvalue weighted by Crippen LogP contribution is 2.34. The van der Waals surface area contributed by atoms with Crippen molar-refractivity contribution in [3.63, 3.8) is 0 Å². The van der Waals surface area contributed by atoms with Crippen LogP contribution in [0.5, 0.6) is 0 Å². The molecular weight excluding hydrogens is 429 g/mol. The number of halogens is 6. The van der Waals surface area contributed by atoms with Crippen LogP contribution >= 0.6 is 24.8 Å². The number of rotatable bonds is 2. The highest BCUT2D eigenvalue weighted by atomic mass is 35.5. The molecule has 3 nitrogen and oxygen atoms in total. The SMILES string of the molecule is CN1CC[NH+](c2cn(-c3ccc(F)cc3)c3ccc(C(F)(F)F)cc23)CC1.Cl.Cl. The van der Waals surface area contributed by atoms with Crippen LogP contribution in [0.15, 0.2) is 48.7 Å². The fourth-order valence-corrected chi connectivity index (χ4v) is 3.66. The van der Waals surface area contributed by atoms with Crippen LogP contribution in [0.3, 0.4) is 0 Å². The standard InChI is InChI=1S/C20H19F4N3.2ClH/c1-25-8-10-26(11-9-25)19-13-27(16-5-3-15(21)4-6-16)18-7-2-14(12-17(18)19)20(22,23)24;;/h2-7,12-13H,8-11H2,1H3;2*1H/p+1. The molecule has 1 saturated heterocycles. The van der Waals surface area contributed by atoms with Gasteiger partial charge in [-0.15, -0.1) is 24.8 Å². The summed E-state index contributed by atoms with van der Waals surface area (Å²) in [5, 5.41) is 0.591.